The number of sulfonamides is 1. The predicted molar refractivity (Wildman–Crippen MR) is 80.9 cm³/mol. The van der Waals surface area contributed by atoms with Crippen LogP contribution in [0.2, 0.25) is 0 Å². The molecule has 118 valence electrons. The van der Waals surface area contributed by atoms with Gasteiger partial charge in [0.2, 0.25) is 10.0 Å². The molecule has 0 aliphatic heterocycles. The van der Waals surface area contributed by atoms with Crippen molar-refractivity contribution < 1.29 is 13.3 Å². The van der Waals surface area contributed by atoms with Crippen LogP contribution in [0.4, 0.5) is 5.69 Å². The molecule has 0 heterocycles. The van der Waals surface area contributed by atoms with Crippen molar-refractivity contribution in [2.45, 2.75) is 38.6 Å². The molecule has 0 amide bonds. The van der Waals surface area contributed by atoms with Crippen LogP contribution >= 0.6 is 0 Å². The van der Waals surface area contributed by atoms with Crippen LogP contribution in [0.25, 0.3) is 0 Å². The van der Waals surface area contributed by atoms with Gasteiger partial charge >= 0.3 is 0 Å². The summed E-state index contributed by atoms with van der Waals surface area (Å²) in [5, 5.41) is 14.1. The molecule has 0 aliphatic carbocycles. The van der Waals surface area contributed by atoms with E-state index in [2.05, 4.69) is 10.0 Å². The number of benzene rings is 1. The summed E-state index contributed by atoms with van der Waals surface area (Å²) >= 11 is 0. The fourth-order valence-corrected chi connectivity index (χ4v) is 3.23. The molecule has 0 aliphatic rings. The Bertz CT molecular complexity index is 629. The van der Waals surface area contributed by atoms with E-state index in [9.17, 15) is 18.5 Å². The van der Waals surface area contributed by atoms with E-state index in [4.69, 9.17) is 0 Å². The van der Waals surface area contributed by atoms with Gasteiger partial charge in [-0.1, -0.05) is 6.92 Å². The number of aryl methyl sites for hydroxylation is 2. The highest BCUT2D eigenvalue weighted by atomic mass is 32.2. The third kappa shape index (κ3) is 4.48. The second-order valence-electron chi connectivity index (χ2n) is 4.97. The Kier molecular flexibility index (Phi) is 5.82. The molecule has 0 saturated carbocycles. The molecule has 0 radical (unpaired) electrons. The maximum atomic E-state index is 12.3. The normalized spacial score (nSPS) is 13.1. The van der Waals surface area contributed by atoms with Crippen LogP contribution in [0, 0.1) is 24.0 Å². The lowest BCUT2D eigenvalue weighted by Gasteiger charge is -2.14. The van der Waals surface area contributed by atoms with Crippen LogP contribution in [0.1, 0.15) is 25.0 Å². The monoisotopic (exact) mass is 315 g/mol. The Morgan fingerprint density at radius 1 is 1.29 bits per heavy atom. The first-order valence-electron chi connectivity index (χ1n) is 6.67. The molecular weight excluding hydrogens is 294 g/mol. The van der Waals surface area contributed by atoms with Gasteiger partial charge in [-0.25, -0.2) is 13.1 Å². The minimum Gasteiger partial charge on any atom is -0.313 e. The van der Waals surface area contributed by atoms with Crippen LogP contribution in [-0.4, -0.2) is 32.5 Å². The van der Waals surface area contributed by atoms with E-state index in [1.54, 1.807) is 13.8 Å². The van der Waals surface area contributed by atoms with Crippen LogP contribution < -0.4 is 10.0 Å². The highest BCUT2D eigenvalue weighted by Crippen LogP contribution is 2.27. The van der Waals surface area contributed by atoms with Gasteiger partial charge in [-0.05, 0) is 44.5 Å². The van der Waals surface area contributed by atoms with E-state index in [1.807, 2.05) is 13.8 Å². The van der Waals surface area contributed by atoms with E-state index < -0.39 is 20.6 Å². The number of hydrogen-bond acceptors (Lipinski definition) is 5. The van der Waals surface area contributed by atoms with Crippen LogP contribution in [0.15, 0.2) is 17.0 Å². The van der Waals surface area contributed by atoms with Gasteiger partial charge in [-0.2, -0.15) is 0 Å². The number of likely N-dealkylation sites (N-methyl/N-ethyl adjacent to an activating group) is 1. The van der Waals surface area contributed by atoms with Crippen molar-refractivity contribution in [3.8, 4) is 0 Å². The highest BCUT2D eigenvalue weighted by Gasteiger charge is 2.26. The summed E-state index contributed by atoms with van der Waals surface area (Å²) in [5.41, 5.74) is 0.976. The van der Waals surface area contributed by atoms with Crippen molar-refractivity contribution >= 4 is 15.7 Å². The second kappa shape index (κ2) is 6.97. The molecule has 1 aromatic rings. The van der Waals surface area contributed by atoms with Gasteiger partial charge in [0.15, 0.2) is 4.90 Å². The summed E-state index contributed by atoms with van der Waals surface area (Å²) in [6.07, 6.45) is 0. The lowest BCUT2D eigenvalue weighted by molar-refractivity contribution is -0.387. The van der Waals surface area contributed by atoms with Gasteiger partial charge in [-0.15, -0.1) is 0 Å². The molecule has 8 heteroatoms. The number of nitro benzene ring substituents is 1. The van der Waals surface area contributed by atoms with Crippen LogP contribution in [0.3, 0.4) is 0 Å². The Labute approximate surface area is 124 Å². The molecule has 1 rings (SSSR count). The quantitative estimate of drug-likeness (QED) is 0.586. The SMILES string of the molecule is CCN[C@H](C)CNS(=O)(=O)c1cc(C)c(C)cc1[N+](=O)[O-]. The highest BCUT2D eigenvalue weighted by molar-refractivity contribution is 7.89. The van der Waals surface area contributed by atoms with Crippen molar-refractivity contribution in [3.63, 3.8) is 0 Å². The molecule has 0 spiro atoms. The van der Waals surface area contributed by atoms with E-state index >= 15 is 0 Å². The fraction of sp³-hybridized carbons (Fsp3) is 0.538. The molecule has 0 unspecified atom stereocenters. The van der Waals surface area contributed by atoms with Crippen molar-refractivity contribution in [2.75, 3.05) is 13.1 Å². The van der Waals surface area contributed by atoms with Gasteiger partial charge in [0.25, 0.3) is 5.69 Å². The van der Waals surface area contributed by atoms with Crippen LogP contribution in [-0.2, 0) is 10.0 Å². The largest absolute Gasteiger partial charge is 0.313 e. The Balaban J connectivity index is 3.13. The van der Waals surface area contributed by atoms with E-state index in [0.717, 1.165) is 0 Å². The molecule has 2 N–H and O–H groups in total. The standard InChI is InChI=1S/C13H21N3O4S/c1-5-14-11(4)8-15-21(19,20)13-7-10(3)9(2)6-12(13)16(17)18/h6-7,11,14-15H,5,8H2,1-4H3/t11-/m1/s1. The topological polar surface area (TPSA) is 101 Å². The Morgan fingerprint density at radius 3 is 2.38 bits per heavy atom. The smallest absolute Gasteiger partial charge is 0.289 e. The zero-order valence-corrected chi connectivity index (χ0v) is 13.5. The lowest BCUT2D eigenvalue weighted by Crippen LogP contribution is -2.38. The maximum Gasteiger partial charge on any atom is 0.289 e. The first-order chi connectivity index (χ1) is 9.69. The number of rotatable bonds is 7. The van der Waals surface area contributed by atoms with Gasteiger partial charge in [0.05, 0.1) is 4.92 Å². The predicted octanol–water partition coefficient (Wildman–Crippen LogP) is 1.49. The minimum absolute atomic E-state index is 0.0598. The maximum absolute atomic E-state index is 12.3. The fourth-order valence-electron chi connectivity index (χ4n) is 1.87. The van der Waals surface area contributed by atoms with E-state index in [0.29, 0.717) is 17.7 Å². The molecule has 1 aromatic carbocycles. The van der Waals surface area contributed by atoms with Gasteiger partial charge < -0.3 is 5.32 Å². The van der Waals surface area contributed by atoms with Crippen molar-refractivity contribution in [1.29, 1.82) is 0 Å². The molecule has 0 aromatic heterocycles. The van der Waals surface area contributed by atoms with Gasteiger partial charge in [-0.3, -0.25) is 10.1 Å². The Morgan fingerprint density at radius 2 is 1.86 bits per heavy atom. The number of nitrogens with one attached hydrogen (secondary N) is 2. The van der Waals surface area contributed by atoms with Gasteiger partial charge in [0, 0.05) is 18.7 Å². The summed E-state index contributed by atoms with van der Waals surface area (Å²) in [6, 6.07) is 2.57. The number of hydrogen-bond donors (Lipinski definition) is 2. The molecule has 7 nitrogen and oxygen atoms in total. The average molecular weight is 315 g/mol. The summed E-state index contributed by atoms with van der Waals surface area (Å²) < 4.78 is 27.0. The third-order valence-corrected chi connectivity index (χ3v) is 4.65. The molecule has 1 atom stereocenters. The zero-order valence-electron chi connectivity index (χ0n) is 12.6. The lowest BCUT2D eigenvalue weighted by atomic mass is 10.1. The summed E-state index contributed by atoms with van der Waals surface area (Å²) in [5.74, 6) is 0. The molecule has 0 saturated heterocycles. The molecule has 21 heavy (non-hydrogen) atoms. The molecular formula is C13H21N3O4S. The number of nitrogens with zero attached hydrogens (tertiary/aromatic N) is 1. The molecule has 0 fully saturated rings. The summed E-state index contributed by atoms with van der Waals surface area (Å²) in [6.45, 7) is 8.06. The van der Waals surface area contributed by atoms with Crippen molar-refractivity contribution in [1.82, 2.24) is 10.0 Å². The first-order valence-corrected chi connectivity index (χ1v) is 8.16. The Hall–Kier alpha value is -1.51. The van der Waals surface area contributed by atoms with Crippen molar-refractivity contribution in [3.05, 3.63) is 33.4 Å². The van der Waals surface area contributed by atoms with Crippen LogP contribution in [0.5, 0.6) is 0 Å². The first kappa shape index (κ1) is 17.5. The third-order valence-electron chi connectivity index (χ3n) is 3.19. The summed E-state index contributed by atoms with van der Waals surface area (Å²) in [7, 11) is -3.92. The van der Waals surface area contributed by atoms with Crippen molar-refractivity contribution in [2.24, 2.45) is 0 Å². The second-order valence-corrected chi connectivity index (χ2v) is 6.71. The van der Waals surface area contributed by atoms with Gasteiger partial charge in [0.1, 0.15) is 0 Å². The minimum atomic E-state index is -3.92. The zero-order chi connectivity index (χ0) is 16.2. The van der Waals surface area contributed by atoms with E-state index in [-0.39, 0.29) is 17.5 Å². The number of nitro groups is 1. The average Bonchev–Trinajstić information content (AvgIpc) is 2.39. The summed E-state index contributed by atoms with van der Waals surface area (Å²) in [4.78, 5) is 10.1. The molecule has 0 bridgehead atoms. The van der Waals surface area contributed by atoms with E-state index in [1.165, 1.54) is 12.1 Å².